The van der Waals surface area contributed by atoms with E-state index >= 15 is 0 Å². The Morgan fingerprint density at radius 2 is 1.70 bits per heavy atom. The third-order valence-electron chi connectivity index (χ3n) is 5.11. The molecule has 1 fully saturated rings. The van der Waals surface area contributed by atoms with Gasteiger partial charge in [0.05, 0.1) is 12.2 Å². The molecule has 0 radical (unpaired) electrons. The van der Waals surface area contributed by atoms with E-state index in [0.29, 0.717) is 0 Å². The van der Waals surface area contributed by atoms with Gasteiger partial charge in [0.2, 0.25) is 0 Å². The first kappa shape index (κ1) is 17.9. The van der Waals surface area contributed by atoms with Crippen LogP contribution in [-0.2, 0) is 4.74 Å². The highest BCUT2D eigenvalue weighted by atomic mass is 16.5. The van der Waals surface area contributed by atoms with Crippen molar-refractivity contribution in [1.82, 2.24) is 10.2 Å². The maximum Gasteiger partial charge on any atom is 0.0600 e. The number of rotatable bonds is 6. The molecule has 1 N–H and O–H groups in total. The topological polar surface area (TPSA) is 24.5 Å². The van der Waals surface area contributed by atoms with E-state index in [2.05, 4.69) is 58.7 Å². The van der Waals surface area contributed by atoms with Crippen molar-refractivity contribution in [2.75, 3.05) is 26.2 Å². The summed E-state index contributed by atoms with van der Waals surface area (Å²) >= 11 is 0. The monoisotopic (exact) mass is 284 g/mol. The van der Waals surface area contributed by atoms with E-state index in [1.807, 2.05) is 0 Å². The third kappa shape index (κ3) is 4.44. The zero-order valence-electron chi connectivity index (χ0n) is 14.8. The van der Waals surface area contributed by atoms with Crippen LogP contribution in [0.3, 0.4) is 0 Å². The molecule has 3 nitrogen and oxygen atoms in total. The second-order valence-electron chi connectivity index (χ2n) is 7.57. The summed E-state index contributed by atoms with van der Waals surface area (Å²) in [7, 11) is 0. The predicted octanol–water partition coefficient (Wildman–Crippen LogP) is 3.43. The Labute approximate surface area is 126 Å². The van der Waals surface area contributed by atoms with Crippen LogP contribution in [0.2, 0.25) is 0 Å². The lowest BCUT2D eigenvalue weighted by atomic mass is 9.83. The van der Waals surface area contributed by atoms with Crippen molar-refractivity contribution in [3.05, 3.63) is 0 Å². The quantitative estimate of drug-likeness (QED) is 0.808. The van der Waals surface area contributed by atoms with Crippen molar-refractivity contribution in [2.24, 2.45) is 0 Å². The van der Waals surface area contributed by atoms with Crippen molar-refractivity contribution in [1.29, 1.82) is 0 Å². The van der Waals surface area contributed by atoms with E-state index < -0.39 is 0 Å². The summed E-state index contributed by atoms with van der Waals surface area (Å²) in [5, 5.41) is 3.83. The summed E-state index contributed by atoms with van der Waals surface area (Å²) in [5.41, 5.74) is 0.509. The minimum atomic E-state index is -0.0384. The Hall–Kier alpha value is -0.120. The van der Waals surface area contributed by atoms with E-state index in [4.69, 9.17) is 4.74 Å². The first-order chi connectivity index (χ1) is 9.20. The minimum Gasteiger partial charge on any atom is -0.375 e. The van der Waals surface area contributed by atoms with Gasteiger partial charge < -0.3 is 10.1 Å². The van der Waals surface area contributed by atoms with E-state index in [1.165, 1.54) is 19.3 Å². The molecular weight excluding hydrogens is 248 g/mol. The van der Waals surface area contributed by atoms with Gasteiger partial charge in [0, 0.05) is 30.7 Å². The van der Waals surface area contributed by atoms with Crippen LogP contribution in [0.15, 0.2) is 0 Å². The molecule has 0 bridgehead atoms. The van der Waals surface area contributed by atoms with Crippen molar-refractivity contribution in [3.63, 3.8) is 0 Å². The first-order valence-corrected chi connectivity index (χ1v) is 8.34. The zero-order valence-corrected chi connectivity index (χ0v) is 14.8. The summed E-state index contributed by atoms with van der Waals surface area (Å²) in [6.45, 7) is 19.7. The van der Waals surface area contributed by atoms with Crippen LogP contribution in [0.1, 0.15) is 67.7 Å². The molecule has 20 heavy (non-hydrogen) atoms. The number of hydrogen-bond acceptors (Lipinski definition) is 3. The number of hydrogen-bond donors (Lipinski definition) is 1. The molecule has 0 amide bonds. The fourth-order valence-corrected chi connectivity index (χ4v) is 2.99. The average molecular weight is 284 g/mol. The Morgan fingerprint density at radius 3 is 2.15 bits per heavy atom. The smallest absolute Gasteiger partial charge is 0.0600 e. The average Bonchev–Trinajstić information content (AvgIpc) is 2.40. The molecule has 1 heterocycles. The zero-order chi connectivity index (χ0) is 15.4. The predicted molar refractivity (Wildman–Crippen MR) is 87.3 cm³/mol. The fourth-order valence-electron chi connectivity index (χ4n) is 2.99. The number of piperazine rings is 1. The molecule has 3 heteroatoms. The number of nitrogens with zero attached hydrogens (tertiary/aromatic N) is 1. The fraction of sp³-hybridized carbons (Fsp3) is 1.00. The molecule has 120 valence electrons. The van der Waals surface area contributed by atoms with Gasteiger partial charge in [0.25, 0.3) is 0 Å². The maximum absolute atomic E-state index is 5.94. The number of ether oxygens (including phenoxy) is 1. The van der Waals surface area contributed by atoms with E-state index in [9.17, 15) is 0 Å². The molecule has 0 spiro atoms. The molecular formula is C17H36N2O. The minimum absolute atomic E-state index is 0.0384. The molecule has 1 rings (SSSR count). The summed E-state index contributed by atoms with van der Waals surface area (Å²) in [6.07, 6.45) is 3.57. The van der Waals surface area contributed by atoms with E-state index in [0.717, 1.165) is 26.2 Å². The van der Waals surface area contributed by atoms with Crippen molar-refractivity contribution in [2.45, 2.75) is 84.4 Å². The van der Waals surface area contributed by atoms with Crippen molar-refractivity contribution >= 4 is 0 Å². The largest absolute Gasteiger partial charge is 0.375 e. The van der Waals surface area contributed by atoms with Gasteiger partial charge in [-0.3, -0.25) is 4.90 Å². The van der Waals surface area contributed by atoms with Crippen LogP contribution in [-0.4, -0.2) is 47.8 Å². The summed E-state index contributed by atoms with van der Waals surface area (Å²) in [6, 6.07) is 0. The maximum atomic E-state index is 5.94. The van der Waals surface area contributed by atoms with Gasteiger partial charge in [-0.25, -0.2) is 0 Å². The van der Waals surface area contributed by atoms with Crippen LogP contribution in [0, 0.1) is 0 Å². The Morgan fingerprint density at radius 1 is 1.10 bits per heavy atom. The van der Waals surface area contributed by atoms with Gasteiger partial charge in [-0.2, -0.15) is 0 Å². The second-order valence-corrected chi connectivity index (χ2v) is 7.57. The Bertz CT molecular complexity index is 294. The van der Waals surface area contributed by atoms with Gasteiger partial charge >= 0.3 is 0 Å². The van der Waals surface area contributed by atoms with E-state index in [1.54, 1.807) is 0 Å². The normalized spacial score (nSPS) is 27.8. The van der Waals surface area contributed by atoms with Crippen LogP contribution >= 0.6 is 0 Å². The van der Waals surface area contributed by atoms with Gasteiger partial charge in [-0.15, -0.1) is 0 Å². The summed E-state index contributed by atoms with van der Waals surface area (Å²) < 4.78 is 5.94. The van der Waals surface area contributed by atoms with Gasteiger partial charge in [0.15, 0.2) is 0 Å². The lowest BCUT2D eigenvalue weighted by Crippen LogP contribution is -2.69. The highest BCUT2D eigenvalue weighted by Crippen LogP contribution is 2.30. The molecule has 0 aromatic heterocycles. The summed E-state index contributed by atoms with van der Waals surface area (Å²) in [5.74, 6) is 0. The van der Waals surface area contributed by atoms with Gasteiger partial charge in [-0.05, 0) is 47.0 Å². The highest BCUT2D eigenvalue weighted by molar-refractivity contribution is 5.02. The molecule has 0 aromatic carbocycles. The van der Waals surface area contributed by atoms with Crippen molar-refractivity contribution in [3.8, 4) is 0 Å². The van der Waals surface area contributed by atoms with Gasteiger partial charge in [0.1, 0.15) is 0 Å². The second kappa shape index (κ2) is 6.76. The molecule has 1 atom stereocenters. The van der Waals surface area contributed by atoms with Crippen LogP contribution in [0.4, 0.5) is 0 Å². The lowest BCUT2D eigenvalue weighted by molar-refractivity contribution is -0.0484. The van der Waals surface area contributed by atoms with Gasteiger partial charge in [-0.1, -0.05) is 20.8 Å². The molecule has 1 aliphatic rings. The Balaban J connectivity index is 2.69. The SMILES string of the molecule is CCC1(CC)CN(CCOC(C)(C)C)C(C)(CC)CN1. The Kier molecular flexibility index (Phi) is 6.06. The molecule has 1 unspecified atom stereocenters. The van der Waals surface area contributed by atoms with Crippen LogP contribution in [0.5, 0.6) is 0 Å². The van der Waals surface area contributed by atoms with Crippen LogP contribution in [0.25, 0.3) is 0 Å². The lowest BCUT2D eigenvalue weighted by Gasteiger charge is -2.53. The van der Waals surface area contributed by atoms with Crippen molar-refractivity contribution < 1.29 is 4.74 Å². The molecule has 1 saturated heterocycles. The number of nitrogens with one attached hydrogen (secondary N) is 1. The molecule has 0 saturated carbocycles. The standard InChI is InChI=1S/C17H36N2O/c1-8-16(7)13-18-17(9-2,10-3)14-19(16)11-12-20-15(4,5)6/h18H,8-14H2,1-7H3. The van der Waals surface area contributed by atoms with E-state index in [-0.39, 0.29) is 16.7 Å². The molecule has 0 aliphatic carbocycles. The summed E-state index contributed by atoms with van der Waals surface area (Å²) in [4.78, 5) is 2.66. The highest BCUT2D eigenvalue weighted by Gasteiger charge is 2.42. The first-order valence-electron chi connectivity index (χ1n) is 8.34. The molecule has 1 aliphatic heterocycles. The molecule has 0 aromatic rings. The van der Waals surface area contributed by atoms with Crippen LogP contribution < -0.4 is 5.32 Å². The third-order valence-corrected chi connectivity index (χ3v) is 5.11.